The van der Waals surface area contributed by atoms with E-state index in [0.717, 1.165) is 0 Å². The van der Waals surface area contributed by atoms with E-state index < -0.39 is 0 Å². The fraction of sp³-hybridized carbons (Fsp3) is 0. The molecule has 7 heavy (non-hydrogen) atoms. The normalized spacial score (nSPS) is 9.29. The van der Waals surface area contributed by atoms with Crippen molar-refractivity contribution in [3.05, 3.63) is 10.9 Å². The number of hydrogen-bond acceptors (Lipinski definition) is 3. The van der Waals surface area contributed by atoms with Gasteiger partial charge in [0.05, 0.1) is 0 Å². The topological polar surface area (TPSA) is 52.0 Å². The summed E-state index contributed by atoms with van der Waals surface area (Å²) in [6.07, 6.45) is 1.43. The highest BCUT2D eigenvalue weighted by Crippen LogP contribution is 2.08. The molecule has 0 saturated carbocycles. The van der Waals surface area contributed by atoms with Crippen LogP contribution >= 0.6 is 15.9 Å². The van der Waals surface area contributed by atoms with Gasteiger partial charge < -0.3 is 10.2 Å². The zero-order valence-corrected chi connectivity index (χ0v) is 4.97. The van der Waals surface area contributed by atoms with Crippen molar-refractivity contribution >= 4 is 21.9 Å². The van der Waals surface area contributed by atoms with E-state index in [1.54, 1.807) is 0 Å². The molecule has 0 spiro atoms. The van der Waals surface area contributed by atoms with Crippen LogP contribution in [-0.2, 0) is 0 Å². The van der Waals surface area contributed by atoms with Gasteiger partial charge in [0.1, 0.15) is 10.9 Å². The molecule has 0 aliphatic rings. The Balaban J connectivity index is 3.04. The minimum atomic E-state index is 0.187. The van der Waals surface area contributed by atoms with Gasteiger partial charge in [-0.3, -0.25) is 0 Å². The molecule has 38 valence electrons. The van der Waals surface area contributed by atoms with Gasteiger partial charge in [-0.15, -0.1) is 0 Å². The number of oxazole rings is 1. The van der Waals surface area contributed by atoms with Gasteiger partial charge in [0, 0.05) is 0 Å². The van der Waals surface area contributed by atoms with Gasteiger partial charge in [0.15, 0.2) is 0 Å². The van der Waals surface area contributed by atoms with Crippen LogP contribution in [0.15, 0.2) is 15.3 Å². The third-order valence-electron chi connectivity index (χ3n) is 0.494. The summed E-state index contributed by atoms with van der Waals surface area (Å²) in [5.41, 5.74) is 5.07. The SMILES string of the molecule is Nc1nc(Br)co1. The van der Waals surface area contributed by atoms with Crippen LogP contribution in [0, 0.1) is 0 Å². The van der Waals surface area contributed by atoms with Crippen LogP contribution in [0.2, 0.25) is 0 Å². The molecule has 0 aliphatic carbocycles. The van der Waals surface area contributed by atoms with E-state index in [4.69, 9.17) is 5.73 Å². The molecule has 3 nitrogen and oxygen atoms in total. The zero-order chi connectivity index (χ0) is 5.28. The first kappa shape index (κ1) is 4.64. The van der Waals surface area contributed by atoms with Gasteiger partial charge in [-0.2, -0.15) is 4.98 Å². The van der Waals surface area contributed by atoms with E-state index in [9.17, 15) is 0 Å². The maximum absolute atomic E-state index is 5.07. The highest BCUT2D eigenvalue weighted by molar-refractivity contribution is 9.10. The summed E-state index contributed by atoms with van der Waals surface area (Å²) >= 11 is 3.05. The fourth-order valence-corrected chi connectivity index (χ4v) is 0.535. The Morgan fingerprint density at radius 3 is 2.71 bits per heavy atom. The van der Waals surface area contributed by atoms with Gasteiger partial charge in [0.25, 0.3) is 6.01 Å². The van der Waals surface area contributed by atoms with Crippen molar-refractivity contribution in [2.45, 2.75) is 0 Å². The third kappa shape index (κ3) is 0.928. The number of anilines is 1. The number of halogens is 1. The van der Waals surface area contributed by atoms with Crippen molar-refractivity contribution in [2.75, 3.05) is 5.73 Å². The molecular weight excluding hydrogens is 160 g/mol. The number of aromatic nitrogens is 1. The lowest BCUT2D eigenvalue weighted by atomic mass is 11.0. The van der Waals surface area contributed by atoms with Crippen LogP contribution in [0.3, 0.4) is 0 Å². The van der Waals surface area contributed by atoms with Crippen LogP contribution in [0.5, 0.6) is 0 Å². The highest BCUT2D eigenvalue weighted by Gasteiger charge is 1.90. The minimum absolute atomic E-state index is 0.187. The monoisotopic (exact) mass is 162 g/mol. The van der Waals surface area contributed by atoms with Crippen molar-refractivity contribution in [2.24, 2.45) is 0 Å². The number of nitrogens with two attached hydrogens (primary N) is 1. The van der Waals surface area contributed by atoms with Crippen molar-refractivity contribution < 1.29 is 4.42 Å². The summed E-state index contributed by atoms with van der Waals surface area (Å²) in [6.45, 7) is 0. The molecule has 1 aromatic rings. The van der Waals surface area contributed by atoms with Crippen molar-refractivity contribution in [1.29, 1.82) is 0 Å². The van der Waals surface area contributed by atoms with Gasteiger partial charge in [-0.05, 0) is 15.9 Å². The Morgan fingerprint density at radius 2 is 2.57 bits per heavy atom. The Kier molecular flexibility index (Phi) is 1.02. The predicted octanol–water partition coefficient (Wildman–Crippen LogP) is 1.02. The summed E-state index contributed by atoms with van der Waals surface area (Å²) in [6, 6.07) is 0.187. The zero-order valence-electron chi connectivity index (χ0n) is 3.39. The molecule has 0 amide bonds. The lowest BCUT2D eigenvalue weighted by molar-refractivity contribution is 0.579. The van der Waals surface area contributed by atoms with Crippen LogP contribution in [-0.4, -0.2) is 4.98 Å². The van der Waals surface area contributed by atoms with E-state index in [1.165, 1.54) is 6.26 Å². The summed E-state index contributed by atoms with van der Waals surface area (Å²) in [4.78, 5) is 3.64. The summed E-state index contributed by atoms with van der Waals surface area (Å²) in [5, 5.41) is 0. The second-order valence-electron chi connectivity index (χ2n) is 1.01. The molecule has 0 radical (unpaired) electrons. The minimum Gasteiger partial charge on any atom is -0.431 e. The van der Waals surface area contributed by atoms with Gasteiger partial charge in [-0.25, -0.2) is 0 Å². The van der Waals surface area contributed by atoms with E-state index in [-0.39, 0.29) is 6.01 Å². The number of nitrogen functional groups attached to an aromatic ring is 1. The second-order valence-corrected chi connectivity index (χ2v) is 1.82. The average molecular weight is 163 g/mol. The molecule has 1 rings (SSSR count). The fourth-order valence-electron chi connectivity index (χ4n) is 0.267. The molecule has 0 atom stereocenters. The van der Waals surface area contributed by atoms with Crippen LogP contribution < -0.4 is 5.73 Å². The molecule has 2 N–H and O–H groups in total. The Hall–Kier alpha value is -0.510. The van der Waals surface area contributed by atoms with E-state index >= 15 is 0 Å². The Bertz CT molecular complexity index is 145. The van der Waals surface area contributed by atoms with Crippen molar-refractivity contribution in [3.63, 3.8) is 0 Å². The maximum atomic E-state index is 5.07. The molecule has 0 bridgehead atoms. The van der Waals surface area contributed by atoms with Crippen molar-refractivity contribution in [1.82, 2.24) is 4.98 Å². The first-order valence-corrected chi connectivity index (χ1v) is 2.45. The van der Waals surface area contributed by atoms with E-state index in [2.05, 4.69) is 25.3 Å². The first-order chi connectivity index (χ1) is 3.29. The smallest absolute Gasteiger partial charge is 0.292 e. The molecular formula is C3H3BrN2O. The second kappa shape index (κ2) is 1.54. The van der Waals surface area contributed by atoms with Crippen LogP contribution in [0.25, 0.3) is 0 Å². The molecule has 1 aromatic heterocycles. The van der Waals surface area contributed by atoms with Crippen molar-refractivity contribution in [3.8, 4) is 0 Å². The molecule has 1 heterocycles. The standard InChI is InChI=1S/C3H3BrN2O/c4-2-1-7-3(5)6-2/h1H,(H2,5,6). The molecule has 0 unspecified atom stereocenters. The van der Waals surface area contributed by atoms with Crippen LogP contribution in [0.1, 0.15) is 0 Å². The summed E-state index contributed by atoms with van der Waals surface area (Å²) in [5.74, 6) is 0. The quantitative estimate of drug-likeness (QED) is 0.620. The van der Waals surface area contributed by atoms with Gasteiger partial charge >= 0.3 is 0 Å². The van der Waals surface area contributed by atoms with Crippen LogP contribution in [0.4, 0.5) is 6.01 Å². The van der Waals surface area contributed by atoms with E-state index in [1.807, 2.05) is 0 Å². The maximum Gasteiger partial charge on any atom is 0.292 e. The van der Waals surface area contributed by atoms with E-state index in [0.29, 0.717) is 4.60 Å². The first-order valence-electron chi connectivity index (χ1n) is 1.65. The number of hydrogen-bond donors (Lipinski definition) is 1. The average Bonchev–Trinajstić information content (AvgIpc) is 1.87. The summed E-state index contributed by atoms with van der Waals surface area (Å²) in [7, 11) is 0. The highest BCUT2D eigenvalue weighted by atomic mass is 79.9. The lowest BCUT2D eigenvalue weighted by Crippen LogP contribution is -1.80. The Morgan fingerprint density at radius 1 is 1.86 bits per heavy atom. The van der Waals surface area contributed by atoms with Gasteiger partial charge in [-0.1, -0.05) is 0 Å². The largest absolute Gasteiger partial charge is 0.431 e. The summed E-state index contributed by atoms with van der Waals surface area (Å²) < 4.78 is 5.21. The molecule has 4 heteroatoms. The molecule has 0 fully saturated rings. The Labute approximate surface area is 48.7 Å². The predicted molar refractivity (Wildman–Crippen MR) is 28.6 cm³/mol. The number of nitrogens with zero attached hydrogens (tertiary/aromatic N) is 1. The number of rotatable bonds is 0. The molecule has 0 aromatic carbocycles. The molecule has 0 saturated heterocycles. The van der Waals surface area contributed by atoms with Gasteiger partial charge in [0.2, 0.25) is 0 Å². The molecule has 0 aliphatic heterocycles. The lowest BCUT2D eigenvalue weighted by Gasteiger charge is -1.69. The third-order valence-corrected chi connectivity index (χ3v) is 0.858.